The van der Waals surface area contributed by atoms with Gasteiger partial charge in [-0.05, 0) is 152 Å². The monoisotopic (exact) mass is 1770 g/mol. The average molecular weight is 1780 g/mol. The van der Waals surface area contributed by atoms with Gasteiger partial charge in [0.1, 0.15) is 0 Å². The van der Waals surface area contributed by atoms with Crippen molar-refractivity contribution in [2.45, 2.75) is 0 Å². The zero-order valence-corrected chi connectivity index (χ0v) is 75.4. The van der Waals surface area contributed by atoms with Gasteiger partial charge < -0.3 is 0 Å². The highest BCUT2D eigenvalue weighted by atomic mass is 32.1. The van der Waals surface area contributed by atoms with Crippen LogP contribution in [-0.2, 0) is 0 Å². The molecule has 0 N–H and O–H groups in total. The number of fused-ring (bicyclic) bond motifs is 15. The maximum atomic E-state index is 5.32. The Morgan fingerprint density at radius 2 is 0.437 bits per heavy atom. The van der Waals surface area contributed by atoms with Crippen molar-refractivity contribution in [2.24, 2.45) is 0 Å². The summed E-state index contributed by atoms with van der Waals surface area (Å²) in [5.41, 5.74) is 30.0. The van der Waals surface area contributed by atoms with Crippen LogP contribution in [0.5, 0.6) is 0 Å². The molecule has 7 aromatic heterocycles. The third-order valence-electron chi connectivity index (χ3n) is 25.2. The van der Waals surface area contributed by atoms with Crippen LogP contribution in [0.4, 0.5) is 0 Å². The number of aromatic nitrogens is 7. The van der Waals surface area contributed by atoms with Gasteiger partial charge in [-0.15, -0.1) is 34.0 Å². The molecule has 632 valence electrons. The van der Waals surface area contributed by atoms with E-state index in [0.717, 1.165) is 145 Å². The number of hydrogen-bond donors (Lipinski definition) is 0. The van der Waals surface area contributed by atoms with E-state index in [-0.39, 0.29) is 0 Å². The Morgan fingerprint density at radius 3 is 0.889 bits per heavy atom. The van der Waals surface area contributed by atoms with E-state index in [0.29, 0.717) is 5.82 Å². The molecule has 0 aliphatic heterocycles. The van der Waals surface area contributed by atoms with Gasteiger partial charge in [0.15, 0.2) is 17.5 Å². The molecule has 0 amide bonds. The first-order valence-corrected chi connectivity index (χ1v) is 47.7. The molecule has 0 fully saturated rings. The Labute approximate surface area is 792 Å². The molecule has 26 aromatic rings. The summed E-state index contributed by atoms with van der Waals surface area (Å²) in [5.74, 6) is 2.16. The van der Waals surface area contributed by atoms with E-state index in [4.69, 9.17) is 34.9 Å². The van der Waals surface area contributed by atoms with E-state index in [9.17, 15) is 0 Å². The summed E-state index contributed by atoms with van der Waals surface area (Å²) in [6.45, 7) is 0. The number of rotatable bonds is 14. The first-order valence-electron chi connectivity index (χ1n) is 45.3. The van der Waals surface area contributed by atoms with Gasteiger partial charge >= 0.3 is 0 Å². The van der Waals surface area contributed by atoms with Crippen LogP contribution in [-0.4, -0.2) is 34.9 Å². The van der Waals surface area contributed by atoms with Crippen LogP contribution < -0.4 is 0 Å². The van der Waals surface area contributed by atoms with E-state index in [2.05, 4.69) is 461 Å². The van der Waals surface area contributed by atoms with Gasteiger partial charge in [-0.1, -0.05) is 394 Å². The molecule has 0 spiro atoms. The lowest BCUT2D eigenvalue weighted by molar-refractivity contribution is 1.23. The SMILES string of the molecule is c1ccc(-c2cc(-c3ccccc3)nc(-c3cccc(-c4nc(-c5ccccc5)c5ccc6sc7ccccc7c6c5n4)c3)c2)cc1.c1ccc(-c2ccc(-c3cccc(-c4cccc(-c5nc(-c6ccccc6)c6c(ccc7c8ccccc8sc76)n5)c4)c3)cc2)cc1.c1ccc(-c2cccc(-c3cccc(-c4nc(-c5ccccc5)c5c(ccc6c7ccccc7sc65)n4)c3)c2)cc1. The zero-order valence-electron chi connectivity index (χ0n) is 73.0. The van der Waals surface area contributed by atoms with Gasteiger partial charge in [0.2, 0.25) is 0 Å². The fourth-order valence-electron chi connectivity index (χ4n) is 18.6. The van der Waals surface area contributed by atoms with Crippen molar-refractivity contribution >= 4 is 127 Å². The molecule has 26 rings (SSSR count). The van der Waals surface area contributed by atoms with Gasteiger partial charge in [-0.2, -0.15) is 0 Å². The second kappa shape index (κ2) is 35.7. The highest BCUT2D eigenvalue weighted by molar-refractivity contribution is 7.27. The average Bonchev–Trinajstić information content (AvgIpc) is 1.64. The summed E-state index contributed by atoms with van der Waals surface area (Å²) in [6.07, 6.45) is 0. The minimum Gasteiger partial charge on any atom is -0.248 e. The number of nitrogens with zero attached hydrogens (tertiary/aromatic N) is 7. The molecular formula is C125H79N7S3. The van der Waals surface area contributed by atoms with Crippen LogP contribution >= 0.6 is 34.0 Å². The van der Waals surface area contributed by atoms with Crippen molar-refractivity contribution in [3.8, 4) is 157 Å². The maximum absolute atomic E-state index is 5.32. The predicted octanol–water partition coefficient (Wildman–Crippen LogP) is 34.7. The molecule has 7 nitrogen and oxygen atoms in total. The predicted molar refractivity (Wildman–Crippen MR) is 571 cm³/mol. The quantitative estimate of drug-likeness (QED) is 0.107. The van der Waals surface area contributed by atoms with Crippen molar-refractivity contribution < 1.29 is 0 Å². The fraction of sp³-hybridized carbons (Fsp3) is 0. The molecule has 0 saturated carbocycles. The van der Waals surface area contributed by atoms with Crippen LogP contribution in [0.15, 0.2) is 479 Å². The van der Waals surface area contributed by atoms with Crippen molar-refractivity contribution in [1.82, 2.24) is 34.9 Å². The lowest BCUT2D eigenvalue weighted by Crippen LogP contribution is -1.96. The molecule has 10 heteroatoms. The normalized spacial score (nSPS) is 11.4. The first-order chi connectivity index (χ1) is 66.9. The molecule has 0 unspecified atom stereocenters. The minimum absolute atomic E-state index is 0.698. The Balaban J connectivity index is 0.000000111. The molecule has 0 radical (unpaired) electrons. The molecule has 0 bridgehead atoms. The molecule has 0 atom stereocenters. The third kappa shape index (κ3) is 16.0. The maximum Gasteiger partial charge on any atom is 0.160 e. The lowest BCUT2D eigenvalue weighted by Gasteiger charge is -2.13. The van der Waals surface area contributed by atoms with E-state index in [1.165, 1.54) is 99.5 Å². The van der Waals surface area contributed by atoms with Crippen LogP contribution in [0.1, 0.15) is 0 Å². The zero-order chi connectivity index (χ0) is 89.5. The Morgan fingerprint density at radius 1 is 0.141 bits per heavy atom. The van der Waals surface area contributed by atoms with Crippen molar-refractivity contribution in [1.29, 1.82) is 0 Å². The second-order valence-electron chi connectivity index (χ2n) is 33.7. The number of benzene rings is 19. The van der Waals surface area contributed by atoms with Crippen molar-refractivity contribution in [3.63, 3.8) is 0 Å². The summed E-state index contributed by atoms with van der Waals surface area (Å²) in [6, 6.07) is 169. The largest absolute Gasteiger partial charge is 0.248 e. The van der Waals surface area contributed by atoms with Crippen LogP contribution in [0.2, 0.25) is 0 Å². The van der Waals surface area contributed by atoms with E-state index in [1.54, 1.807) is 0 Å². The second-order valence-corrected chi connectivity index (χ2v) is 36.8. The standard InChI is InChI=1S/C44H28N2S.C43H27N3S.C38H24N2S/c1-3-11-29(12-4-1)30-21-23-31(24-22-30)33-15-9-16-34(27-33)35-17-10-18-36(28-35)44-45-39-26-25-38-37-19-7-8-20-40(37)47-43(38)41(39)42(46-44)32-13-5-2-6-14-32;1-4-13-28(14-5-1)33-26-36(29-15-6-2-7-16-29)44-37(27-33)31-19-12-20-32(25-31)43-45-41(30-17-8-3-9-18-30)35-23-24-39-40(42(35)46-43)34-21-10-11-22-38(34)47-39;1-3-11-25(12-4-1)27-15-9-16-28(23-27)29-17-10-18-30(24-29)38-39-33-22-21-32-31-19-7-8-20-34(31)41-37(32)35(33)36(40-38)26-13-5-2-6-14-26/h1-28H;1-27H;1-24H. The van der Waals surface area contributed by atoms with Gasteiger partial charge in [0.25, 0.3) is 0 Å². The van der Waals surface area contributed by atoms with Gasteiger partial charge in [0.05, 0.1) is 45.0 Å². The summed E-state index contributed by atoms with van der Waals surface area (Å²) in [7, 11) is 0. The van der Waals surface area contributed by atoms with E-state index < -0.39 is 0 Å². The van der Waals surface area contributed by atoms with Gasteiger partial charge in [0, 0.05) is 121 Å². The highest BCUT2D eigenvalue weighted by Gasteiger charge is 2.24. The molecule has 0 saturated heterocycles. The van der Waals surface area contributed by atoms with Crippen molar-refractivity contribution in [3.05, 3.63) is 479 Å². The van der Waals surface area contributed by atoms with E-state index >= 15 is 0 Å². The lowest BCUT2D eigenvalue weighted by atomic mass is 9.96. The smallest absolute Gasteiger partial charge is 0.160 e. The van der Waals surface area contributed by atoms with Crippen LogP contribution in [0.3, 0.4) is 0 Å². The number of pyridine rings is 1. The Kier molecular flexibility index (Phi) is 21.5. The summed E-state index contributed by atoms with van der Waals surface area (Å²) in [4.78, 5) is 36.6. The fourth-order valence-corrected chi connectivity index (χ4v) is 22.2. The molecule has 0 aliphatic rings. The minimum atomic E-state index is 0.698. The summed E-state index contributed by atoms with van der Waals surface area (Å²) >= 11 is 5.45. The Hall–Kier alpha value is -17.0. The summed E-state index contributed by atoms with van der Waals surface area (Å²) < 4.78 is 7.52. The molecule has 19 aromatic carbocycles. The number of hydrogen-bond acceptors (Lipinski definition) is 10. The van der Waals surface area contributed by atoms with Crippen LogP contribution in [0, 0.1) is 0 Å². The van der Waals surface area contributed by atoms with Crippen LogP contribution in [0.25, 0.3) is 250 Å². The van der Waals surface area contributed by atoms with Gasteiger partial charge in [-0.25, -0.2) is 34.9 Å². The van der Waals surface area contributed by atoms with Crippen molar-refractivity contribution in [2.75, 3.05) is 0 Å². The topological polar surface area (TPSA) is 90.2 Å². The van der Waals surface area contributed by atoms with E-state index in [1.807, 2.05) is 52.2 Å². The first kappa shape index (κ1) is 81.3. The van der Waals surface area contributed by atoms with Gasteiger partial charge in [-0.3, -0.25) is 0 Å². The molecule has 135 heavy (non-hydrogen) atoms. The highest BCUT2D eigenvalue weighted by Crippen LogP contribution is 2.47. The molecule has 7 heterocycles. The third-order valence-corrected chi connectivity index (χ3v) is 28.8. The summed E-state index contributed by atoms with van der Waals surface area (Å²) in [5, 5.41) is 10.8. The molecule has 0 aliphatic carbocycles. The molecular weight excluding hydrogens is 1700 g/mol. The Bertz CT molecular complexity index is 8900. The number of thiophene rings is 3.